The molecule has 0 aliphatic heterocycles. The van der Waals surface area contributed by atoms with E-state index in [1.165, 1.54) is 21.8 Å². The van der Waals surface area contributed by atoms with Crippen molar-refractivity contribution >= 4 is 56.7 Å². The molecule has 0 saturated carbocycles. The van der Waals surface area contributed by atoms with E-state index in [1.54, 1.807) is 13.8 Å². The summed E-state index contributed by atoms with van der Waals surface area (Å²) < 4.78 is 14.8. The molecule has 1 N–H and O–H groups in total. The molecule has 0 spiro atoms. The van der Waals surface area contributed by atoms with Gasteiger partial charge in [-0.3, -0.25) is 0 Å². The molecule has 5 heteroatoms. The van der Waals surface area contributed by atoms with Crippen LogP contribution in [-0.4, -0.2) is 28.4 Å². The van der Waals surface area contributed by atoms with Crippen molar-refractivity contribution in [2.45, 2.75) is 38.9 Å². The quantitative estimate of drug-likeness (QED) is 0.310. The summed E-state index contributed by atoms with van der Waals surface area (Å²) in [5, 5.41) is 15.1. The van der Waals surface area contributed by atoms with E-state index in [-0.39, 0.29) is 0 Å². The molecule has 0 saturated heterocycles. The summed E-state index contributed by atoms with van der Waals surface area (Å²) in [6, 6.07) is 29.6. The lowest BCUT2D eigenvalue weighted by Crippen LogP contribution is -2.49. The van der Waals surface area contributed by atoms with Crippen molar-refractivity contribution in [3.8, 4) is 5.69 Å². The van der Waals surface area contributed by atoms with Crippen molar-refractivity contribution in [1.82, 2.24) is 4.57 Å². The topological polar surface area (TPSA) is 47.5 Å². The Bertz CT molecular complexity index is 1670. The lowest BCUT2D eigenvalue weighted by molar-refractivity contribution is -0.0893. The average molecular weight is 461 g/mol. The lowest BCUT2D eigenvalue weighted by Gasteiger charge is -2.37. The van der Waals surface area contributed by atoms with Gasteiger partial charge >= 0.3 is 7.48 Å². The summed E-state index contributed by atoms with van der Waals surface area (Å²) in [5.41, 5.74) is 4.51. The Morgan fingerprint density at radius 1 is 0.743 bits per heavy atom. The minimum Gasteiger partial charge on any atom is -0.456 e. The van der Waals surface area contributed by atoms with Gasteiger partial charge in [0.25, 0.3) is 0 Å². The third kappa shape index (κ3) is 3.46. The Morgan fingerprint density at radius 3 is 2.06 bits per heavy atom. The third-order valence-corrected chi connectivity index (χ3v) is 7.43. The summed E-state index contributed by atoms with van der Waals surface area (Å²) in [7, 11) is 0.393. The molecule has 174 valence electrons. The van der Waals surface area contributed by atoms with Crippen molar-refractivity contribution in [3.63, 3.8) is 0 Å². The van der Waals surface area contributed by atoms with Crippen LogP contribution in [0.25, 0.3) is 49.4 Å². The van der Waals surface area contributed by atoms with Gasteiger partial charge in [-0.2, -0.15) is 0 Å². The molecule has 0 aliphatic carbocycles. The van der Waals surface area contributed by atoms with Crippen LogP contribution < -0.4 is 5.46 Å². The molecular weight excluding hydrogens is 433 g/mol. The Balaban J connectivity index is 1.51. The predicted octanol–water partition coefficient (Wildman–Crippen LogP) is 6.23. The highest BCUT2D eigenvalue weighted by Crippen LogP contribution is 2.38. The fourth-order valence-corrected chi connectivity index (χ4v) is 4.75. The van der Waals surface area contributed by atoms with E-state index in [4.69, 9.17) is 9.07 Å². The zero-order valence-corrected chi connectivity index (χ0v) is 20.5. The maximum Gasteiger partial charge on any atom is 0.309 e. The molecule has 0 unspecified atom stereocenters. The first kappa shape index (κ1) is 22.0. The molecule has 6 rings (SSSR count). The van der Waals surface area contributed by atoms with Gasteiger partial charge in [0.05, 0.1) is 33.3 Å². The first-order valence-electron chi connectivity index (χ1n) is 12.0. The monoisotopic (exact) mass is 461 g/mol. The Morgan fingerprint density at radius 2 is 1.40 bits per heavy atom. The van der Waals surface area contributed by atoms with Crippen molar-refractivity contribution in [1.29, 1.82) is 0 Å². The second kappa shape index (κ2) is 7.74. The van der Waals surface area contributed by atoms with Crippen LogP contribution in [0.15, 0.2) is 89.3 Å². The van der Waals surface area contributed by atoms with Gasteiger partial charge in [0, 0.05) is 16.2 Å². The van der Waals surface area contributed by atoms with Crippen LogP contribution in [0.5, 0.6) is 0 Å². The highest BCUT2D eigenvalue weighted by atomic mass is 16.5. The van der Waals surface area contributed by atoms with Crippen molar-refractivity contribution in [2.24, 2.45) is 0 Å². The number of hydrogen-bond acceptors (Lipinski definition) is 3. The zero-order chi connectivity index (χ0) is 24.4. The van der Waals surface area contributed by atoms with Crippen LogP contribution >= 0.6 is 0 Å². The van der Waals surface area contributed by atoms with Gasteiger partial charge in [0.2, 0.25) is 0 Å². The largest absolute Gasteiger partial charge is 0.456 e. The number of fused-ring (bicyclic) bond motifs is 6. The maximum atomic E-state index is 10.4. The minimum atomic E-state index is -0.951. The molecule has 0 radical (unpaired) electrons. The number of aliphatic hydroxyl groups is 1. The van der Waals surface area contributed by atoms with E-state index in [1.807, 2.05) is 26.0 Å². The van der Waals surface area contributed by atoms with E-state index < -0.39 is 11.2 Å². The number of furan rings is 1. The van der Waals surface area contributed by atoms with E-state index in [9.17, 15) is 5.11 Å². The molecular formula is C30H28BNO3. The number of benzene rings is 4. The third-order valence-electron chi connectivity index (χ3n) is 7.43. The van der Waals surface area contributed by atoms with E-state index in [2.05, 4.69) is 77.4 Å². The van der Waals surface area contributed by atoms with Gasteiger partial charge in [-0.1, -0.05) is 54.6 Å². The Labute approximate surface area is 205 Å². The first-order valence-corrected chi connectivity index (χ1v) is 12.0. The second-order valence-electron chi connectivity index (χ2n) is 10.3. The van der Waals surface area contributed by atoms with Crippen LogP contribution in [0.4, 0.5) is 0 Å². The molecule has 0 bridgehead atoms. The number of rotatable bonds is 5. The highest BCUT2D eigenvalue weighted by Gasteiger charge is 2.35. The second-order valence-corrected chi connectivity index (χ2v) is 10.3. The van der Waals surface area contributed by atoms with Crippen molar-refractivity contribution in [3.05, 3.63) is 84.9 Å². The van der Waals surface area contributed by atoms with E-state index in [0.717, 1.165) is 33.1 Å². The van der Waals surface area contributed by atoms with E-state index in [0.29, 0.717) is 7.48 Å². The molecule has 35 heavy (non-hydrogen) atoms. The van der Waals surface area contributed by atoms with Gasteiger partial charge in [-0.05, 0) is 63.5 Å². The molecule has 0 amide bonds. The van der Waals surface area contributed by atoms with Crippen LogP contribution in [0.1, 0.15) is 27.7 Å². The number of hydrogen-bond donors (Lipinski definition) is 1. The number of aromatic nitrogens is 1. The predicted molar refractivity (Wildman–Crippen MR) is 146 cm³/mol. The van der Waals surface area contributed by atoms with Gasteiger partial charge in [-0.25, -0.2) is 0 Å². The fraction of sp³-hybridized carbons (Fsp3) is 0.200. The van der Waals surface area contributed by atoms with Gasteiger partial charge < -0.3 is 18.7 Å². The minimum absolute atomic E-state index is 0.393. The summed E-state index contributed by atoms with van der Waals surface area (Å²) in [6.45, 7) is 7.35. The highest BCUT2D eigenvalue weighted by molar-refractivity contribution is 6.47. The van der Waals surface area contributed by atoms with Crippen LogP contribution in [-0.2, 0) is 4.65 Å². The summed E-state index contributed by atoms with van der Waals surface area (Å²) in [6.07, 6.45) is 0. The fourth-order valence-electron chi connectivity index (χ4n) is 4.75. The van der Waals surface area contributed by atoms with E-state index >= 15 is 0 Å². The summed E-state index contributed by atoms with van der Waals surface area (Å²) in [5.74, 6) is 0. The Hall–Kier alpha value is -3.54. The van der Waals surface area contributed by atoms with Crippen LogP contribution in [0.3, 0.4) is 0 Å². The van der Waals surface area contributed by atoms with Crippen LogP contribution in [0.2, 0.25) is 0 Å². The lowest BCUT2D eigenvalue weighted by atomic mass is 9.82. The molecule has 2 aromatic heterocycles. The molecule has 4 nitrogen and oxygen atoms in total. The molecule has 4 aromatic carbocycles. The standard InChI is InChI=1S/C30H28BNO3/c1-29(2,33)30(3,4)35-31-19-16-17-22-27(18-19)34-26-15-9-14-25(28(22)26)32-23-12-7-5-10-20(23)21-11-6-8-13-24(21)32/h5-18,31,33H,1-4H3. The molecule has 0 aliphatic rings. The summed E-state index contributed by atoms with van der Waals surface area (Å²) >= 11 is 0. The van der Waals surface area contributed by atoms with Gasteiger partial charge in [0.15, 0.2) is 0 Å². The van der Waals surface area contributed by atoms with Crippen molar-refractivity contribution in [2.75, 3.05) is 0 Å². The maximum absolute atomic E-state index is 10.4. The number of para-hydroxylation sites is 2. The molecule has 0 atom stereocenters. The molecule has 6 aromatic rings. The average Bonchev–Trinajstić information content (AvgIpc) is 3.37. The van der Waals surface area contributed by atoms with Gasteiger partial charge in [-0.15, -0.1) is 0 Å². The molecule has 2 heterocycles. The zero-order valence-electron chi connectivity index (χ0n) is 20.5. The van der Waals surface area contributed by atoms with Crippen molar-refractivity contribution < 1.29 is 14.2 Å². The summed E-state index contributed by atoms with van der Waals surface area (Å²) in [4.78, 5) is 0. The van der Waals surface area contributed by atoms with Crippen LogP contribution in [0, 0.1) is 0 Å². The SMILES string of the molecule is CC(C)(O)C(C)(C)OBc1ccc2c(c1)oc1cccc(-n3c4ccccc4c4ccccc43)c12. The normalized spacial score (nSPS) is 12.8. The first-order chi connectivity index (χ1) is 16.7. The molecule has 0 fully saturated rings. The van der Waals surface area contributed by atoms with Gasteiger partial charge in [0.1, 0.15) is 11.2 Å². The Kier molecular flexibility index (Phi) is 4.86. The smallest absolute Gasteiger partial charge is 0.309 e. The number of nitrogens with zero attached hydrogens (tertiary/aromatic N) is 1.